The highest BCUT2D eigenvalue weighted by Crippen LogP contribution is 2.67. The number of nitro groups is 2. The summed E-state index contributed by atoms with van der Waals surface area (Å²) >= 11 is 0. The zero-order valence-corrected chi connectivity index (χ0v) is 15.6. The standard InChI is InChI=1S/C18H22N2O7/c1-17(2)13-8-15(26-4)18(3,9-14(13)17)27-16(21)10-5-11(19(22)23)7-12(6-10)20(24)25/h5-7,13-15H,8-9H2,1-4H3/t13-,14+,15-,18+/m1/s1. The summed E-state index contributed by atoms with van der Waals surface area (Å²) in [5.41, 5.74) is -2.02. The number of methoxy groups -OCH3 is 1. The number of carbonyl (C=O) groups excluding carboxylic acids is 1. The number of fused-ring (bicyclic) bond motifs is 1. The maximum Gasteiger partial charge on any atom is 0.339 e. The van der Waals surface area contributed by atoms with E-state index in [9.17, 15) is 25.0 Å². The Morgan fingerprint density at radius 1 is 1.07 bits per heavy atom. The van der Waals surface area contributed by atoms with Crippen LogP contribution in [0.25, 0.3) is 0 Å². The van der Waals surface area contributed by atoms with Crippen LogP contribution in [0.3, 0.4) is 0 Å². The van der Waals surface area contributed by atoms with Crippen LogP contribution in [-0.4, -0.2) is 34.6 Å². The van der Waals surface area contributed by atoms with E-state index in [0.717, 1.165) is 24.6 Å². The fourth-order valence-corrected chi connectivity index (χ4v) is 4.43. The Kier molecular flexibility index (Phi) is 4.46. The number of nitrogens with zero attached hydrogens (tertiary/aromatic N) is 2. The van der Waals surface area contributed by atoms with Gasteiger partial charge in [-0.2, -0.15) is 0 Å². The molecule has 146 valence electrons. The van der Waals surface area contributed by atoms with Gasteiger partial charge in [0.25, 0.3) is 11.4 Å². The lowest BCUT2D eigenvalue weighted by Gasteiger charge is -2.39. The SMILES string of the molecule is CO[C@@H]1C[C@@H]2[C@H](C[C@]1(C)OC(=O)c1cc([N+](=O)[O-])cc([N+](=O)[O-])c1)C2(C)C. The van der Waals surface area contributed by atoms with Crippen LogP contribution in [0.2, 0.25) is 0 Å². The summed E-state index contributed by atoms with van der Waals surface area (Å²) < 4.78 is 11.3. The summed E-state index contributed by atoms with van der Waals surface area (Å²) in [6.07, 6.45) is 1.07. The number of benzene rings is 1. The molecule has 0 radical (unpaired) electrons. The van der Waals surface area contributed by atoms with Crippen LogP contribution in [0, 0.1) is 37.5 Å². The van der Waals surface area contributed by atoms with Crippen molar-refractivity contribution in [1.82, 2.24) is 0 Å². The third kappa shape index (κ3) is 3.27. The summed E-state index contributed by atoms with van der Waals surface area (Å²) in [4.78, 5) is 33.2. The normalized spacial score (nSPS) is 30.9. The van der Waals surface area contributed by atoms with Crippen LogP contribution in [0.1, 0.15) is 44.0 Å². The molecule has 0 heterocycles. The maximum absolute atomic E-state index is 12.7. The Hall–Kier alpha value is -2.55. The van der Waals surface area contributed by atoms with E-state index < -0.39 is 32.8 Å². The van der Waals surface area contributed by atoms with Gasteiger partial charge in [0.05, 0.1) is 27.6 Å². The first-order valence-corrected chi connectivity index (χ1v) is 8.69. The molecule has 0 unspecified atom stereocenters. The first kappa shape index (κ1) is 19.2. The predicted molar refractivity (Wildman–Crippen MR) is 94.4 cm³/mol. The molecule has 2 aliphatic carbocycles. The minimum Gasteiger partial charge on any atom is -0.453 e. The summed E-state index contributed by atoms with van der Waals surface area (Å²) in [7, 11) is 1.56. The van der Waals surface area contributed by atoms with E-state index in [1.165, 1.54) is 0 Å². The van der Waals surface area contributed by atoms with E-state index >= 15 is 0 Å². The third-order valence-electron chi connectivity index (χ3n) is 6.23. The summed E-state index contributed by atoms with van der Waals surface area (Å²) in [5.74, 6) is 0.0810. The van der Waals surface area contributed by atoms with Crippen molar-refractivity contribution in [2.24, 2.45) is 17.3 Å². The molecule has 9 nitrogen and oxygen atoms in total. The average molecular weight is 378 g/mol. The van der Waals surface area contributed by atoms with Crippen molar-refractivity contribution in [2.75, 3.05) is 7.11 Å². The molecule has 2 saturated carbocycles. The quantitative estimate of drug-likeness (QED) is 0.436. The Balaban J connectivity index is 1.88. The molecule has 27 heavy (non-hydrogen) atoms. The highest BCUT2D eigenvalue weighted by atomic mass is 16.6. The van der Waals surface area contributed by atoms with E-state index in [1.54, 1.807) is 14.0 Å². The van der Waals surface area contributed by atoms with E-state index in [0.29, 0.717) is 18.3 Å². The molecule has 1 aromatic carbocycles. The van der Waals surface area contributed by atoms with Crippen LogP contribution >= 0.6 is 0 Å². The van der Waals surface area contributed by atoms with E-state index in [1.807, 2.05) is 0 Å². The molecule has 2 aliphatic rings. The van der Waals surface area contributed by atoms with E-state index in [-0.39, 0.29) is 17.1 Å². The third-order valence-corrected chi connectivity index (χ3v) is 6.23. The summed E-state index contributed by atoms with van der Waals surface area (Å²) in [6, 6.07) is 2.80. The number of hydrogen-bond donors (Lipinski definition) is 0. The van der Waals surface area contributed by atoms with E-state index in [2.05, 4.69) is 13.8 Å². The van der Waals surface area contributed by atoms with Crippen molar-refractivity contribution in [1.29, 1.82) is 0 Å². The van der Waals surface area contributed by atoms with Gasteiger partial charge in [0.15, 0.2) is 0 Å². The zero-order chi connectivity index (χ0) is 20.1. The van der Waals surface area contributed by atoms with Crippen molar-refractivity contribution in [3.05, 3.63) is 44.0 Å². The number of rotatable bonds is 5. The largest absolute Gasteiger partial charge is 0.453 e. The topological polar surface area (TPSA) is 122 Å². The fraction of sp³-hybridized carbons (Fsp3) is 0.611. The van der Waals surface area contributed by atoms with Gasteiger partial charge in [-0.15, -0.1) is 0 Å². The second-order valence-corrected chi connectivity index (χ2v) is 8.15. The lowest BCUT2D eigenvalue weighted by atomic mass is 9.83. The first-order chi connectivity index (χ1) is 12.5. The van der Waals surface area contributed by atoms with Gasteiger partial charge >= 0.3 is 5.97 Å². The lowest BCUT2D eigenvalue weighted by Crippen LogP contribution is -2.47. The highest BCUT2D eigenvalue weighted by molar-refractivity contribution is 5.91. The molecule has 0 aromatic heterocycles. The number of non-ortho nitro benzene ring substituents is 2. The Morgan fingerprint density at radius 3 is 2.11 bits per heavy atom. The molecule has 0 saturated heterocycles. The molecule has 0 aliphatic heterocycles. The summed E-state index contributed by atoms with van der Waals surface area (Å²) in [5, 5.41) is 22.1. The highest BCUT2D eigenvalue weighted by Gasteiger charge is 2.65. The van der Waals surface area contributed by atoms with Gasteiger partial charge in [0, 0.05) is 19.2 Å². The molecule has 9 heteroatoms. The second-order valence-electron chi connectivity index (χ2n) is 8.15. The lowest BCUT2D eigenvalue weighted by molar-refractivity contribution is -0.394. The van der Waals surface area contributed by atoms with Gasteiger partial charge in [-0.3, -0.25) is 20.2 Å². The average Bonchev–Trinajstić information content (AvgIpc) is 3.11. The first-order valence-electron chi connectivity index (χ1n) is 8.69. The number of esters is 1. The molecular formula is C18H22N2O7. The molecule has 1 aromatic rings. The van der Waals surface area contributed by atoms with Crippen molar-refractivity contribution in [2.45, 2.75) is 45.3 Å². The molecule has 0 spiro atoms. The van der Waals surface area contributed by atoms with Crippen molar-refractivity contribution in [3.8, 4) is 0 Å². The van der Waals surface area contributed by atoms with Crippen molar-refractivity contribution >= 4 is 17.3 Å². The van der Waals surface area contributed by atoms with Crippen LogP contribution in [0.15, 0.2) is 18.2 Å². The van der Waals surface area contributed by atoms with E-state index in [4.69, 9.17) is 9.47 Å². The number of hydrogen-bond acceptors (Lipinski definition) is 7. The smallest absolute Gasteiger partial charge is 0.339 e. The Labute approximate surface area is 155 Å². The van der Waals surface area contributed by atoms with Gasteiger partial charge in [-0.1, -0.05) is 13.8 Å². The van der Waals surface area contributed by atoms with Crippen LogP contribution in [-0.2, 0) is 9.47 Å². The monoisotopic (exact) mass is 378 g/mol. The van der Waals surface area contributed by atoms with Gasteiger partial charge in [-0.05, 0) is 37.0 Å². The Morgan fingerprint density at radius 2 is 1.63 bits per heavy atom. The van der Waals surface area contributed by atoms with Gasteiger partial charge in [0.2, 0.25) is 0 Å². The van der Waals surface area contributed by atoms with Crippen LogP contribution in [0.5, 0.6) is 0 Å². The molecule has 0 N–H and O–H groups in total. The Bertz CT molecular complexity index is 790. The van der Waals surface area contributed by atoms with Gasteiger partial charge in [-0.25, -0.2) is 4.79 Å². The zero-order valence-electron chi connectivity index (χ0n) is 15.6. The minimum absolute atomic E-state index is 0.158. The predicted octanol–water partition coefficient (Wildman–Crippen LogP) is 3.50. The summed E-state index contributed by atoms with van der Waals surface area (Å²) in [6.45, 7) is 6.13. The van der Waals surface area contributed by atoms with Crippen LogP contribution < -0.4 is 0 Å². The maximum atomic E-state index is 12.7. The molecular weight excluding hydrogens is 356 g/mol. The van der Waals surface area contributed by atoms with Crippen molar-refractivity contribution < 1.29 is 24.1 Å². The molecule has 3 rings (SSSR count). The van der Waals surface area contributed by atoms with Gasteiger partial charge in [0.1, 0.15) is 5.60 Å². The molecule has 0 amide bonds. The van der Waals surface area contributed by atoms with Gasteiger partial charge < -0.3 is 9.47 Å². The minimum atomic E-state index is -0.903. The molecule has 2 fully saturated rings. The number of nitro benzene ring substituents is 2. The second kappa shape index (κ2) is 6.26. The molecule has 0 bridgehead atoms. The molecule has 4 atom stereocenters. The number of carbonyl (C=O) groups is 1. The fourth-order valence-electron chi connectivity index (χ4n) is 4.43. The number of ether oxygens (including phenoxy) is 2. The van der Waals surface area contributed by atoms with Crippen LogP contribution in [0.4, 0.5) is 11.4 Å². The van der Waals surface area contributed by atoms with Crippen molar-refractivity contribution in [3.63, 3.8) is 0 Å².